The van der Waals surface area contributed by atoms with E-state index in [2.05, 4.69) is 21.2 Å². The summed E-state index contributed by atoms with van der Waals surface area (Å²) in [6, 6.07) is 17.5. The zero-order valence-electron chi connectivity index (χ0n) is 17.9. The lowest BCUT2D eigenvalue weighted by Crippen LogP contribution is -2.26. The van der Waals surface area contributed by atoms with Crippen molar-refractivity contribution >= 4 is 49.2 Å². The molecule has 8 nitrogen and oxygen atoms in total. The zero-order chi connectivity index (χ0) is 24.7. The average molecular weight is 551 g/mol. The second-order valence-electron chi connectivity index (χ2n) is 6.90. The minimum atomic E-state index is -3.88. The van der Waals surface area contributed by atoms with Crippen molar-refractivity contribution < 1.29 is 31.9 Å². The molecule has 3 aromatic rings. The van der Waals surface area contributed by atoms with Crippen LogP contribution in [-0.2, 0) is 24.3 Å². The Morgan fingerprint density at radius 1 is 0.971 bits per heavy atom. The van der Waals surface area contributed by atoms with Crippen LogP contribution in [0.3, 0.4) is 0 Å². The Labute approximate surface area is 204 Å². The van der Waals surface area contributed by atoms with Crippen LogP contribution in [0.15, 0.2) is 82.2 Å². The maximum atomic E-state index is 13.1. The first-order valence-corrected chi connectivity index (χ1v) is 12.1. The number of carbonyl (C=O) groups excluding carboxylic acids is 2. The number of hydrogen-bond donors (Lipinski definition) is 1. The standard InChI is InChI=1S/C23H20BrFN2O6S/c1-27(34(30,31)19-12-6-16(25)7-13-19)17-8-10-18(11-9-17)32-15-23(29)33-14-22(28)26-21-5-3-2-4-20(21)24/h2-13H,14-15H2,1H3,(H,26,28). The van der Waals surface area contributed by atoms with Crippen molar-refractivity contribution in [3.05, 3.63) is 83.1 Å². The van der Waals surface area contributed by atoms with Crippen LogP contribution in [0.5, 0.6) is 5.75 Å². The minimum absolute atomic E-state index is 0.0527. The van der Waals surface area contributed by atoms with Gasteiger partial charge in [0.1, 0.15) is 11.6 Å². The molecule has 0 aromatic heterocycles. The molecule has 1 amide bonds. The van der Waals surface area contributed by atoms with Gasteiger partial charge in [-0.3, -0.25) is 9.10 Å². The predicted molar refractivity (Wildman–Crippen MR) is 128 cm³/mol. The van der Waals surface area contributed by atoms with E-state index in [0.29, 0.717) is 21.6 Å². The molecule has 0 saturated carbocycles. The number of para-hydroxylation sites is 1. The third-order valence-corrected chi connectivity index (χ3v) is 7.03. The van der Waals surface area contributed by atoms with E-state index < -0.39 is 40.9 Å². The minimum Gasteiger partial charge on any atom is -0.482 e. The number of benzene rings is 3. The lowest BCUT2D eigenvalue weighted by atomic mass is 10.3. The first-order chi connectivity index (χ1) is 16.2. The molecule has 0 unspecified atom stereocenters. The van der Waals surface area contributed by atoms with E-state index >= 15 is 0 Å². The summed E-state index contributed by atoms with van der Waals surface area (Å²) in [5.41, 5.74) is 0.884. The quantitative estimate of drug-likeness (QED) is 0.404. The van der Waals surface area contributed by atoms with Crippen molar-refractivity contribution in [2.45, 2.75) is 4.90 Å². The van der Waals surface area contributed by atoms with Crippen LogP contribution >= 0.6 is 15.9 Å². The molecule has 34 heavy (non-hydrogen) atoms. The second kappa shape index (κ2) is 11.1. The Morgan fingerprint density at radius 3 is 2.26 bits per heavy atom. The van der Waals surface area contributed by atoms with Gasteiger partial charge in [0.2, 0.25) is 0 Å². The molecule has 0 aliphatic rings. The highest BCUT2D eigenvalue weighted by atomic mass is 79.9. The Kier molecular flexibility index (Phi) is 8.24. The summed E-state index contributed by atoms with van der Waals surface area (Å²) in [7, 11) is -2.51. The van der Waals surface area contributed by atoms with Gasteiger partial charge in [-0.05, 0) is 76.6 Å². The van der Waals surface area contributed by atoms with Crippen molar-refractivity contribution in [1.82, 2.24) is 0 Å². The van der Waals surface area contributed by atoms with E-state index in [1.807, 2.05) is 0 Å². The monoisotopic (exact) mass is 550 g/mol. The molecule has 11 heteroatoms. The van der Waals surface area contributed by atoms with Crippen LogP contribution in [0.4, 0.5) is 15.8 Å². The maximum absolute atomic E-state index is 13.1. The van der Waals surface area contributed by atoms with E-state index in [9.17, 15) is 22.4 Å². The highest BCUT2D eigenvalue weighted by Gasteiger charge is 2.21. The molecular formula is C23H20BrFN2O6S. The molecule has 178 valence electrons. The summed E-state index contributed by atoms with van der Waals surface area (Å²) >= 11 is 3.30. The van der Waals surface area contributed by atoms with Crippen molar-refractivity contribution in [2.75, 3.05) is 29.9 Å². The fraction of sp³-hybridized carbons (Fsp3) is 0.130. The van der Waals surface area contributed by atoms with E-state index in [0.717, 1.165) is 16.4 Å². The smallest absolute Gasteiger partial charge is 0.344 e. The average Bonchev–Trinajstić information content (AvgIpc) is 2.83. The van der Waals surface area contributed by atoms with Gasteiger partial charge in [0.15, 0.2) is 13.2 Å². The zero-order valence-corrected chi connectivity index (χ0v) is 20.3. The van der Waals surface area contributed by atoms with Gasteiger partial charge in [0.05, 0.1) is 16.3 Å². The van der Waals surface area contributed by atoms with Crippen molar-refractivity contribution in [3.8, 4) is 5.75 Å². The summed E-state index contributed by atoms with van der Waals surface area (Å²) in [5.74, 6) is -1.49. The van der Waals surface area contributed by atoms with Gasteiger partial charge < -0.3 is 14.8 Å². The number of esters is 1. The summed E-state index contributed by atoms with van der Waals surface area (Å²) in [5, 5.41) is 2.61. The Morgan fingerprint density at radius 2 is 1.62 bits per heavy atom. The molecule has 0 fully saturated rings. The fourth-order valence-electron chi connectivity index (χ4n) is 2.73. The molecule has 0 aliphatic heterocycles. The second-order valence-corrected chi connectivity index (χ2v) is 9.72. The lowest BCUT2D eigenvalue weighted by Gasteiger charge is -2.19. The third kappa shape index (κ3) is 6.55. The van der Waals surface area contributed by atoms with E-state index in [1.165, 1.54) is 43.4 Å². The molecule has 0 aliphatic carbocycles. The van der Waals surface area contributed by atoms with E-state index in [1.54, 1.807) is 24.3 Å². The van der Waals surface area contributed by atoms with Crippen molar-refractivity contribution in [1.29, 1.82) is 0 Å². The molecule has 0 spiro atoms. The maximum Gasteiger partial charge on any atom is 0.344 e. The lowest BCUT2D eigenvalue weighted by molar-refractivity contribution is -0.149. The molecule has 0 saturated heterocycles. The Bertz CT molecular complexity index is 1270. The van der Waals surface area contributed by atoms with Gasteiger partial charge in [0, 0.05) is 11.5 Å². The highest BCUT2D eigenvalue weighted by molar-refractivity contribution is 9.10. The predicted octanol–water partition coefficient (Wildman–Crippen LogP) is 3.97. The van der Waals surface area contributed by atoms with Gasteiger partial charge >= 0.3 is 5.97 Å². The van der Waals surface area contributed by atoms with E-state index in [-0.39, 0.29) is 4.90 Å². The van der Waals surface area contributed by atoms with Crippen molar-refractivity contribution in [2.24, 2.45) is 0 Å². The van der Waals surface area contributed by atoms with Crippen LogP contribution in [0.1, 0.15) is 0 Å². The Balaban J connectivity index is 1.49. The normalized spacial score (nSPS) is 10.9. The van der Waals surface area contributed by atoms with Gasteiger partial charge in [-0.1, -0.05) is 12.1 Å². The Hall–Kier alpha value is -3.44. The number of rotatable bonds is 9. The fourth-order valence-corrected chi connectivity index (χ4v) is 4.31. The summed E-state index contributed by atoms with van der Waals surface area (Å²) in [6.07, 6.45) is 0. The molecule has 3 aromatic carbocycles. The van der Waals surface area contributed by atoms with Crippen LogP contribution in [-0.4, -0.2) is 40.6 Å². The molecule has 0 heterocycles. The van der Waals surface area contributed by atoms with Crippen LogP contribution in [0, 0.1) is 5.82 Å². The number of ether oxygens (including phenoxy) is 2. The number of nitrogens with zero attached hydrogens (tertiary/aromatic N) is 1. The summed E-state index contributed by atoms with van der Waals surface area (Å²) < 4.78 is 50.4. The highest BCUT2D eigenvalue weighted by Crippen LogP contribution is 2.24. The molecular weight excluding hydrogens is 531 g/mol. The topological polar surface area (TPSA) is 102 Å². The largest absolute Gasteiger partial charge is 0.482 e. The number of amides is 1. The number of halogens is 2. The summed E-state index contributed by atoms with van der Waals surface area (Å²) in [6.45, 7) is -0.917. The van der Waals surface area contributed by atoms with Gasteiger partial charge in [-0.2, -0.15) is 0 Å². The first-order valence-electron chi connectivity index (χ1n) is 9.84. The number of carbonyl (C=O) groups is 2. The molecule has 0 radical (unpaired) electrons. The molecule has 0 atom stereocenters. The van der Waals surface area contributed by atoms with Crippen LogP contribution < -0.4 is 14.4 Å². The summed E-state index contributed by atoms with van der Waals surface area (Å²) in [4.78, 5) is 23.7. The van der Waals surface area contributed by atoms with Crippen molar-refractivity contribution in [3.63, 3.8) is 0 Å². The van der Waals surface area contributed by atoms with Gasteiger partial charge in [0.25, 0.3) is 15.9 Å². The van der Waals surface area contributed by atoms with E-state index in [4.69, 9.17) is 9.47 Å². The molecule has 0 bridgehead atoms. The van der Waals surface area contributed by atoms with Crippen LogP contribution in [0.2, 0.25) is 0 Å². The van der Waals surface area contributed by atoms with Gasteiger partial charge in [-0.25, -0.2) is 17.6 Å². The van der Waals surface area contributed by atoms with Gasteiger partial charge in [-0.15, -0.1) is 0 Å². The molecule has 3 rings (SSSR count). The van der Waals surface area contributed by atoms with Crippen LogP contribution in [0.25, 0.3) is 0 Å². The number of sulfonamides is 1. The third-order valence-electron chi connectivity index (χ3n) is 4.54. The first kappa shape index (κ1) is 25.2. The SMILES string of the molecule is CN(c1ccc(OCC(=O)OCC(=O)Nc2ccccc2Br)cc1)S(=O)(=O)c1ccc(F)cc1. The molecule has 1 N–H and O–H groups in total. The number of anilines is 2. The number of nitrogens with one attached hydrogen (secondary N) is 1. The number of hydrogen-bond acceptors (Lipinski definition) is 6.